The number of ketones is 1. The molecule has 1 aromatic carbocycles. The number of carbonyl (C=O) groups is 1. The quantitative estimate of drug-likeness (QED) is 0.788. The average Bonchev–Trinajstić information content (AvgIpc) is 2.41. The fourth-order valence-corrected chi connectivity index (χ4v) is 2.04. The van der Waals surface area contributed by atoms with Crippen molar-refractivity contribution in [3.63, 3.8) is 0 Å². The minimum absolute atomic E-state index is 0.231. The Bertz CT molecular complexity index is 353. The van der Waals surface area contributed by atoms with Gasteiger partial charge in [-0.15, -0.1) is 0 Å². The topological polar surface area (TPSA) is 55.1 Å². The standard InChI is InChI=1S/C13H17NO.C2H7N/c1-10-2-4-11(5-3-10)13(15)12-6-8-14-9-7-12;1-2-3/h2-5,12,14H,6-9H2,1H3;2-3H2,1H3. The fourth-order valence-electron chi connectivity index (χ4n) is 2.04. The van der Waals surface area contributed by atoms with Crippen LogP contribution in [0.25, 0.3) is 0 Å². The van der Waals surface area contributed by atoms with Crippen LogP contribution in [0.5, 0.6) is 0 Å². The number of piperidine rings is 1. The van der Waals surface area contributed by atoms with E-state index in [-0.39, 0.29) is 5.92 Å². The van der Waals surface area contributed by atoms with Gasteiger partial charge in [0.15, 0.2) is 5.78 Å². The zero-order valence-corrected chi connectivity index (χ0v) is 11.4. The van der Waals surface area contributed by atoms with Crippen molar-refractivity contribution in [3.8, 4) is 0 Å². The molecule has 1 fully saturated rings. The summed E-state index contributed by atoms with van der Waals surface area (Å²) < 4.78 is 0. The van der Waals surface area contributed by atoms with Gasteiger partial charge in [0, 0.05) is 11.5 Å². The van der Waals surface area contributed by atoms with Gasteiger partial charge in [0.1, 0.15) is 0 Å². The lowest BCUT2D eigenvalue weighted by Crippen LogP contribution is -2.31. The number of benzene rings is 1. The molecular weight excluding hydrogens is 224 g/mol. The molecule has 0 amide bonds. The SMILES string of the molecule is CCN.Cc1ccc(C(=O)C2CCNCC2)cc1. The lowest BCUT2D eigenvalue weighted by molar-refractivity contribution is 0.0895. The van der Waals surface area contributed by atoms with Crippen molar-refractivity contribution >= 4 is 5.78 Å². The summed E-state index contributed by atoms with van der Waals surface area (Å²) in [5.41, 5.74) is 6.92. The van der Waals surface area contributed by atoms with Gasteiger partial charge in [-0.2, -0.15) is 0 Å². The molecule has 3 heteroatoms. The third-order valence-corrected chi connectivity index (χ3v) is 3.05. The van der Waals surface area contributed by atoms with Crippen LogP contribution in [0.2, 0.25) is 0 Å². The van der Waals surface area contributed by atoms with E-state index < -0.39 is 0 Å². The Labute approximate surface area is 110 Å². The molecule has 1 aliphatic heterocycles. The second-order valence-electron chi connectivity index (χ2n) is 4.66. The van der Waals surface area contributed by atoms with E-state index in [2.05, 4.69) is 5.32 Å². The molecule has 1 aromatic rings. The molecule has 0 unspecified atom stereocenters. The van der Waals surface area contributed by atoms with Crippen LogP contribution in [-0.2, 0) is 0 Å². The Balaban J connectivity index is 0.000000492. The Morgan fingerprint density at radius 3 is 2.28 bits per heavy atom. The molecule has 0 saturated carbocycles. The molecule has 3 N–H and O–H groups in total. The molecule has 1 heterocycles. The summed E-state index contributed by atoms with van der Waals surface area (Å²) >= 11 is 0. The minimum Gasteiger partial charge on any atom is -0.331 e. The second-order valence-corrected chi connectivity index (χ2v) is 4.66. The van der Waals surface area contributed by atoms with Crippen LogP contribution in [0.1, 0.15) is 35.7 Å². The molecule has 0 spiro atoms. The van der Waals surface area contributed by atoms with Gasteiger partial charge in [-0.3, -0.25) is 4.79 Å². The molecule has 0 aromatic heterocycles. The number of hydrogen-bond donors (Lipinski definition) is 2. The van der Waals surface area contributed by atoms with E-state index in [1.54, 1.807) is 0 Å². The Morgan fingerprint density at radius 1 is 1.28 bits per heavy atom. The molecule has 0 radical (unpaired) electrons. The maximum Gasteiger partial charge on any atom is 0.166 e. The van der Waals surface area contributed by atoms with E-state index >= 15 is 0 Å². The number of rotatable bonds is 2. The number of aryl methyl sites for hydroxylation is 1. The van der Waals surface area contributed by atoms with Crippen molar-refractivity contribution in [2.24, 2.45) is 11.7 Å². The molecule has 1 saturated heterocycles. The van der Waals surface area contributed by atoms with Crippen LogP contribution in [0.15, 0.2) is 24.3 Å². The van der Waals surface area contributed by atoms with Gasteiger partial charge in [-0.1, -0.05) is 36.8 Å². The molecule has 0 aliphatic carbocycles. The maximum atomic E-state index is 12.1. The normalized spacial score (nSPS) is 15.7. The smallest absolute Gasteiger partial charge is 0.166 e. The summed E-state index contributed by atoms with van der Waals surface area (Å²) in [6.45, 7) is 6.64. The van der Waals surface area contributed by atoms with Crippen molar-refractivity contribution in [2.75, 3.05) is 19.6 Å². The van der Waals surface area contributed by atoms with Crippen molar-refractivity contribution in [2.45, 2.75) is 26.7 Å². The van der Waals surface area contributed by atoms with Crippen molar-refractivity contribution < 1.29 is 4.79 Å². The number of nitrogens with one attached hydrogen (secondary N) is 1. The Morgan fingerprint density at radius 2 is 1.78 bits per heavy atom. The monoisotopic (exact) mass is 248 g/mol. The number of Topliss-reactive ketones (excluding diaryl/α,β-unsaturated/α-hetero) is 1. The first-order chi connectivity index (χ1) is 8.69. The highest BCUT2D eigenvalue weighted by Gasteiger charge is 2.21. The Hall–Kier alpha value is -1.19. The predicted molar refractivity (Wildman–Crippen MR) is 75.8 cm³/mol. The van der Waals surface area contributed by atoms with Gasteiger partial charge >= 0.3 is 0 Å². The minimum atomic E-state index is 0.231. The maximum absolute atomic E-state index is 12.1. The first kappa shape index (κ1) is 14.9. The molecule has 2 rings (SSSR count). The summed E-state index contributed by atoms with van der Waals surface area (Å²) in [5, 5.41) is 3.28. The first-order valence-electron chi connectivity index (χ1n) is 6.70. The van der Waals surface area contributed by atoms with Crippen molar-refractivity contribution in [3.05, 3.63) is 35.4 Å². The van der Waals surface area contributed by atoms with E-state index in [0.717, 1.165) is 38.0 Å². The van der Waals surface area contributed by atoms with E-state index in [0.29, 0.717) is 5.78 Å². The molecule has 0 atom stereocenters. The van der Waals surface area contributed by atoms with Crippen LogP contribution >= 0.6 is 0 Å². The van der Waals surface area contributed by atoms with Gasteiger partial charge in [-0.05, 0) is 39.4 Å². The van der Waals surface area contributed by atoms with Crippen LogP contribution in [0, 0.1) is 12.8 Å². The second kappa shape index (κ2) is 8.01. The van der Waals surface area contributed by atoms with Crippen LogP contribution in [-0.4, -0.2) is 25.4 Å². The van der Waals surface area contributed by atoms with E-state index in [9.17, 15) is 4.79 Å². The van der Waals surface area contributed by atoms with Gasteiger partial charge < -0.3 is 11.1 Å². The Kier molecular flexibility index (Phi) is 6.61. The van der Waals surface area contributed by atoms with Crippen molar-refractivity contribution in [1.29, 1.82) is 0 Å². The molecule has 18 heavy (non-hydrogen) atoms. The number of nitrogens with two attached hydrogens (primary N) is 1. The highest BCUT2D eigenvalue weighted by atomic mass is 16.1. The van der Waals surface area contributed by atoms with Crippen LogP contribution < -0.4 is 11.1 Å². The summed E-state index contributed by atoms with van der Waals surface area (Å²) in [6, 6.07) is 7.90. The summed E-state index contributed by atoms with van der Waals surface area (Å²) in [7, 11) is 0. The number of hydrogen-bond acceptors (Lipinski definition) is 3. The predicted octanol–water partition coefficient (Wildman–Crippen LogP) is 2.14. The largest absolute Gasteiger partial charge is 0.331 e. The molecular formula is C15H24N2O. The highest BCUT2D eigenvalue weighted by molar-refractivity contribution is 5.97. The molecule has 1 aliphatic rings. The average molecular weight is 248 g/mol. The fraction of sp³-hybridized carbons (Fsp3) is 0.533. The summed E-state index contributed by atoms with van der Waals surface area (Å²) in [6.07, 6.45) is 1.96. The lowest BCUT2D eigenvalue weighted by Gasteiger charge is -2.21. The van der Waals surface area contributed by atoms with Crippen LogP contribution in [0.4, 0.5) is 0 Å². The van der Waals surface area contributed by atoms with Gasteiger partial charge in [0.2, 0.25) is 0 Å². The molecule has 0 bridgehead atoms. The van der Waals surface area contributed by atoms with Crippen molar-refractivity contribution in [1.82, 2.24) is 5.32 Å². The highest BCUT2D eigenvalue weighted by Crippen LogP contribution is 2.18. The van der Waals surface area contributed by atoms with Gasteiger partial charge in [-0.25, -0.2) is 0 Å². The lowest BCUT2D eigenvalue weighted by atomic mass is 9.89. The first-order valence-corrected chi connectivity index (χ1v) is 6.70. The zero-order chi connectivity index (χ0) is 13.4. The van der Waals surface area contributed by atoms with Gasteiger partial charge in [0.05, 0.1) is 0 Å². The third-order valence-electron chi connectivity index (χ3n) is 3.05. The van der Waals surface area contributed by atoms with E-state index in [4.69, 9.17) is 5.73 Å². The zero-order valence-electron chi connectivity index (χ0n) is 11.4. The van der Waals surface area contributed by atoms with E-state index in [1.165, 1.54) is 5.56 Å². The molecule has 100 valence electrons. The number of carbonyl (C=O) groups excluding carboxylic acids is 1. The molecule has 3 nitrogen and oxygen atoms in total. The summed E-state index contributed by atoms with van der Waals surface area (Å²) in [5.74, 6) is 0.547. The van der Waals surface area contributed by atoms with E-state index in [1.807, 2.05) is 38.1 Å². The third kappa shape index (κ3) is 4.59. The summed E-state index contributed by atoms with van der Waals surface area (Å²) in [4.78, 5) is 12.1. The van der Waals surface area contributed by atoms with Gasteiger partial charge in [0.25, 0.3) is 0 Å². The van der Waals surface area contributed by atoms with Crippen LogP contribution in [0.3, 0.4) is 0 Å².